The molecule has 1 aliphatic heterocycles. The SMILES string of the molecule is Cc1nn(Cc2ccc(C(=O)N3CCN(Cc4c(C)nn(-c5ccccc5)c4C)CC3)cc2)c(C)c1Cl. The highest BCUT2D eigenvalue weighted by Crippen LogP contribution is 2.22. The molecule has 1 aliphatic rings. The molecule has 37 heavy (non-hydrogen) atoms. The van der Waals surface area contributed by atoms with Gasteiger partial charge in [-0.25, -0.2) is 4.68 Å². The first-order valence-corrected chi connectivity index (χ1v) is 13.1. The lowest BCUT2D eigenvalue weighted by atomic mass is 10.1. The maximum Gasteiger partial charge on any atom is 0.253 e. The van der Waals surface area contributed by atoms with Crippen LogP contribution in [0.15, 0.2) is 54.6 Å². The number of nitrogens with zero attached hydrogens (tertiary/aromatic N) is 6. The predicted octanol–water partition coefficient (Wildman–Crippen LogP) is 4.96. The van der Waals surface area contributed by atoms with E-state index in [1.807, 2.05) is 70.6 Å². The second kappa shape index (κ2) is 10.5. The molecule has 1 fully saturated rings. The molecule has 3 heterocycles. The zero-order chi connectivity index (χ0) is 26.1. The van der Waals surface area contributed by atoms with Crippen molar-refractivity contribution in [1.29, 1.82) is 0 Å². The van der Waals surface area contributed by atoms with Crippen molar-refractivity contribution in [2.45, 2.75) is 40.8 Å². The summed E-state index contributed by atoms with van der Waals surface area (Å²) < 4.78 is 3.93. The molecular weight excluding hydrogens is 484 g/mol. The number of carbonyl (C=O) groups excluding carboxylic acids is 1. The van der Waals surface area contributed by atoms with E-state index in [0.29, 0.717) is 11.6 Å². The van der Waals surface area contributed by atoms with Crippen LogP contribution in [0.1, 0.15) is 44.3 Å². The van der Waals surface area contributed by atoms with Crippen LogP contribution in [0.3, 0.4) is 0 Å². The molecule has 0 N–H and O–H groups in total. The molecule has 2 aromatic heterocycles. The minimum absolute atomic E-state index is 0.0876. The number of aryl methyl sites for hydroxylation is 2. The monoisotopic (exact) mass is 516 g/mol. The van der Waals surface area contributed by atoms with Crippen LogP contribution in [0.4, 0.5) is 0 Å². The molecule has 0 bridgehead atoms. The quantitative estimate of drug-likeness (QED) is 0.363. The number of hydrogen-bond donors (Lipinski definition) is 0. The van der Waals surface area contributed by atoms with E-state index in [1.165, 1.54) is 11.3 Å². The van der Waals surface area contributed by atoms with E-state index in [1.54, 1.807) is 0 Å². The molecule has 7 nitrogen and oxygen atoms in total. The Morgan fingerprint density at radius 1 is 0.811 bits per heavy atom. The van der Waals surface area contributed by atoms with Crippen LogP contribution in [0, 0.1) is 27.7 Å². The first-order chi connectivity index (χ1) is 17.8. The minimum atomic E-state index is 0.0876. The van der Waals surface area contributed by atoms with Gasteiger partial charge in [0.1, 0.15) is 0 Å². The Kier molecular flexibility index (Phi) is 7.17. The van der Waals surface area contributed by atoms with E-state index < -0.39 is 0 Å². The number of amides is 1. The van der Waals surface area contributed by atoms with Gasteiger partial charge in [0.05, 0.1) is 34.3 Å². The summed E-state index contributed by atoms with van der Waals surface area (Å²) in [5.41, 5.74) is 8.17. The van der Waals surface area contributed by atoms with Crippen molar-refractivity contribution in [2.75, 3.05) is 26.2 Å². The van der Waals surface area contributed by atoms with E-state index in [4.69, 9.17) is 16.7 Å². The molecule has 0 spiro atoms. The first-order valence-electron chi connectivity index (χ1n) is 12.7. The Labute approximate surface area is 223 Å². The van der Waals surface area contributed by atoms with Crippen molar-refractivity contribution < 1.29 is 4.79 Å². The van der Waals surface area contributed by atoms with Gasteiger partial charge in [0.2, 0.25) is 0 Å². The molecule has 0 atom stereocenters. The summed E-state index contributed by atoms with van der Waals surface area (Å²) in [7, 11) is 0. The van der Waals surface area contributed by atoms with E-state index in [9.17, 15) is 4.79 Å². The molecule has 1 saturated heterocycles. The number of rotatable bonds is 6. The van der Waals surface area contributed by atoms with Gasteiger partial charge in [-0.1, -0.05) is 41.9 Å². The van der Waals surface area contributed by atoms with Gasteiger partial charge in [0, 0.05) is 49.5 Å². The third kappa shape index (κ3) is 5.20. The smallest absolute Gasteiger partial charge is 0.253 e. The summed E-state index contributed by atoms with van der Waals surface area (Å²) in [5, 5.41) is 10.00. The predicted molar refractivity (Wildman–Crippen MR) is 146 cm³/mol. The van der Waals surface area contributed by atoms with E-state index in [-0.39, 0.29) is 5.91 Å². The van der Waals surface area contributed by atoms with Gasteiger partial charge in [-0.2, -0.15) is 10.2 Å². The van der Waals surface area contributed by atoms with Crippen LogP contribution in [-0.2, 0) is 13.1 Å². The second-order valence-electron chi connectivity index (χ2n) is 9.80. The standard InChI is InChI=1S/C29H33ClN6O/c1-20-27(22(3)36(32-20)26-8-6-5-7-9-26)19-33-14-16-34(17-15-33)29(37)25-12-10-24(11-13-25)18-35-23(4)28(30)21(2)31-35/h5-13H,14-19H2,1-4H3. The van der Waals surface area contributed by atoms with E-state index in [0.717, 1.165) is 66.6 Å². The van der Waals surface area contributed by atoms with Crippen molar-refractivity contribution in [3.05, 3.63) is 99.1 Å². The van der Waals surface area contributed by atoms with Crippen LogP contribution in [0.5, 0.6) is 0 Å². The molecule has 1 amide bonds. The lowest BCUT2D eigenvalue weighted by Gasteiger charge is -2.34. The van der Waals surface area contributed by atoms with E-state index >= 15 is 0 Å². The Morgan fingerprint density at radius 3 is 2.11 bits per heavy atom. The summed E-state index contributed by atoms with van der Waals surface area (Å²) in [6.07, 6.45) is 0. The zero-order valence-electron chi connectivity index (χ0n) is 21.9. The topological polar surface area (TPSA) is 59.2 Å². The molecule has 0 aliphatic carbocycles. The van der Waals surface area contributed by atoms with Crippen molar-refractivity contribution in [1.82, 2.24) is 29.4 Å². The van der Waals surface area contributed by atoms with Gasteiger partial charge in [0.15, 0.2) is 0 Å². The highest BCUT2D eigenvalue weighted by Gasteiger charge is 2.24. The highest BCUT2D eigenvalue weighted by molar-refractivity contribution is 6.31. The van der Waals surface area contributed by atoms with Crippen molar-refractivity contribution >= 4 is 17.5 Å². The molecule has 0 unspecified atom stereocenters. The van der Waals surface area contributed by atoms with Crippen molar-refractivity contribution in [2.24, 2.45) is 0 Å². The molecule has 4 aromatic rings. The Hall–Kier alpha value is -3.42. The second-order valence-corrected chi connectivity index (χ2v) is 10.2. The number of para-hydroxylation sites is 1. The Balaban J connectivity index is 1.18. The van der Waals surface area contributed by atoms with Crippen LogP contribution in [0.25, 0.3) is 5.69 Å². The fourth-order valence-electron chi connectivity index (χ4n) is 4.99. The Bertz CT molecular complexity index is 1400. The molecular formula is C29H33ClN6O. The van der Waals surface area contributed by atoms with E-state index in [2.05, 4.69) is 36.0 Å². The third-order valence-electron chi connectivity index (χ3n) is 7.31. The summed E-state index contributed by atoms with van der Waals surface area (Å²) in [6.45, 7) is 12.7. The van der Waals surface area contributed by atoms with Crippen LogP contribution in [-0.4, -0.2) is 61.4 Å². The van der Waals surface area contributed by atoms with Gasteiger partial charge in [0.25, 0.3) is 5.91 Å². The maximum atomic E-state index is 13.2. The van der Waals surface area contributed by atoms with Crippen LogP contribution >= 0.6 is 11.6 Å². The Morgan fingerprint density at radius 2 is 1.49 bits per heavy atom. The number of hydrogen-bond acceptors (Lipinski definition) is 4. The molecule has 2 aromatic carbocycles. The van der Waals surface area contributed by atoms with Gasteiger partial charge in [-0.15, -0.1) is 0 Å². The van der Waals surface area contributed by atoms with Gasteiger partial charge in [-0.05, 0) is 57.5 Å². The van der Waals surface area contributed by atoms with Gasteiger partial charge < -0.3 is 4.90 Å². The largest absolute Gasteiger partial charge is 0.336 e. The third-order valence-corrected chi connectivity index (χ3v) is 7.86. The normalized spacial score (nSPS) is 14.4. The number of halogens is 1. The summed E-state index contributed by atoms with van der Waals surface area (Å²) >= 11 is 6.27. The highest BCUT2D eigenvalue weighted by atomic mass is 35.5. The fraction of sp³-hybridized carbons (Fsp3) is 0.345. The number of carbonyl (C=O) groups is 1. The number of benzene rings is 2. The van der Waals surface area contributed by atoms with Crippen molar-refractivity contribution in [3.8, 4) is 5.69 Å². The molecule has 0 saturated carbocycles. The van der Waals surface area contributed by atoms with Gasteiger partial charge in [-0.3, -0.25) is 14.4 Å². The zero-order valence-corrected chi connectivity index (χ0v) is 22.7. The number of piperazine rings is 1. The molecule has 192 valence electrons. The summed E-state index contributed by atoms with van der Waals surface area (Å²) in [5.74, 6) is 0.0876. The molecule has 8 heteroatoms. The molecule has 5 rings (SSSR count). The minimum Gasteiger partial charge on any atom is -0.336 e. The lowest BCUT2D eigenvalue weighted by molar-refractivity contribution is 0.0628. The average molecular weight is 517 g/mol. The van der Waals surface area contributed by atoms with Crippen LogP contribution in [0.2, 0.25) is 5.02 Å². The summed E-state index contributed by atoms with van der Waals surface area (Å²) in [4.78, 5) is 17.5. The summed E-state index contributed by atoms with van der Waals surface area (Å²) in [6, 6.07) is 18.1. The first kappa shape index (κ1) is 25.2. The van der Waals surface area contributed by atoms with Crippen LogP contribution < -0.4 is 0 Å². The number of aromatic nitrogens is 4. The average Bonchev–Trinajstić information content (AvgIpc) is 3.34. The fourth-order valence-corrected chi connectivity index (χ4v) is 5.13. The van der Waals surface area contributed by atoms with Crippen molar-refractivity contribution in [3.63, 3.8) is 0 Å². The lowest BCUT2D eigenvalue weighted by Crippen LogP contribution is -2.48. The molecule has 0 radical (unpaired) electrons. The maximum absolute atomic E-state index is 13.2. The van der Waals surface area contributed by atoms with Gasteiger partial charge >= 0.3 is 0 Å².